The van der Waals surface area contributed by atoms with E-state index >= 15 is 0 Å². The molecular formula is C17H15FO4. The smallest absolute Gasteiger partial charge is 0.341 e. The predicted molar refractivity (Wildman–Crippen MR) is 78.5 cm³/mol. The molecule has 2 aromatic rings. The van der Waals surface area contributed by atoms with Gasteiger partial charge in [0.15, 0.2) is 17.3 Å². The normalized spacial score (nSPS) is 10.1. The summed E-state index contributed by atoms with van der Waals surface area (Å²) in [6.07, 6.45) is 0. The van der Waals surface area contributed by atoms with Gasteiger partial charge in [0.25, 0.3) is 0 Å². The van der Waals surface area contributed by atoms with Crippen LogP contribution < -0.4 is 4.74 Å². The average molecular weight is 302 g/mol. The molecular weight excluding hydrogens is 287 g/mol. The largest absolute Gasteiger partial charge is 0.486 e. The maximum absolute atomic E-state index is 14.5. The Morgan fingerprint density at radius 2 is 1.77 bits per heavy atom. The van der Waals surface area contributed by atoms with E-state index in [1.165, 1.54) is 19.1 Å². The van der Waals surface area contributed by atoms with Crippen LogP contribution in [0.5, 0.6) is 5.75 Å². The van der Waals surface area contributed by atoms with E-state index in [9.17, 15) is 14.0 Å². The average Bonchev–Trinajstić information content (AvgIpc) is 2.53. The van der Waals surface area contributed by atoms with Crippen LogP contribution in [-0.4, -0.2) is 18.9 Å². The van der Waals surface area contributed by atoms with Gasteiger partial charge in [0, 0.05) is 5.56 Å². The Labute approximate surface area is 127 Å². The molecule has 114 valence electrons. The molecule has 2 aromatic carbocycles. The molecule has 0 atom stereocenters. The van der Waals surface area contributed by atoms with E-state index in [4.69, 9.17) is 4.74 Å². The number of benzene rings is 2. The van der Waals surface area contributed by atoms with Crippen molar-refractivity contribution in [3.63, 3.8) is 0 Å². The minimum Gasteiger partial charge on any atom is -0.486 e. The number of Topliss-reactive ketones (excluding diaryl/α,β-unsaturated/α-hetero) is 1. The summed E-state index contributed by atoms with van der Waals surface area (Å²) in [5, 5.41) is 0. The molecule has 4 nitrogen and oxygen atoms in total. The molecule has 0 bridgehead atoms. The van der Waals surface area contributed by atoms with Gasteiger partial charge in [-0.15, -0.1) is 0 Å². The highest BCUT2D eigenvalue weighted by atomic mass is 19.1. The summed E-state index contributed by atoms with van der Waals surface area (Å²) in [6, 6.07) is 11.9. The summed E-state index contributed by atoms with van der Waals surface area (Å²) in [4.78, 5) is 23.2. The van der Waals surface area contributed by atoms with E-state index in [1.54, 1.807) is 0 Å². The van der Waals surface area contributed by atoms with Crippen LogP contribution in [0.1, 0.15) is 33.2 Å². The number of hydrogen-bond donors (Lipinski definition) is 0. The number of ketones is 1. The fourth-order valence-corrected chi connectivity index (χ4v) is 2.00. The standard InChI is InChI=1S/C17H15FO4/c1-11(19)13-8-9-14(16(18)15(13)17(20)21-2)22-10-12-6-4-3-5-7-12/h3-9H,10H2,1-2H3. The zero-order chi connectivity index (χ0) is 16.1. The molecule has 0 unspecified atom stereocenters. The summed E-state index contributed by atoms with van der Waals surface area (Å²) in [6.45, 7) is 1.41. The van der Waals surface area contributed by atoms with E-state index < -0.39 is 23.1 Å². The SMILES string of the molecule is COC(=O)c1c(C(C)=O)ccc(OCc2ccccc2)c1F. The van der Waals surface area contributed by atoms with Crippen LogP contribution in [0.2, 0.25) is 0 Å². The number of halogens is 1. The molecule has 0 saturated heterocycles. The summed E-state index contributed by atoms with van der Waals surface area (Å²) in [5.41, 5.74) is 0.425. The Morgan fingerprint density at radius 1 is 1.09 bits per heavy atom. The van der Waals surface area contributed by atoms with Gasteiger partial charge in [-0.25, -0.2) is 9.18 Å². The third-order valence-electron chi connectivity index (χ3n) is 3.11. The molecule has 0 N–H and O–H groups in total. The number of rotatable bonds is 5. The first-order chi connectivity index (χ1) is 10.5. The van der Waals surface area contributed by atoms with E-state index in [0.717, 1.165) is 12.7 Å². The van der Waals surface area contributed by atoms with Crippen molar-refractivity contribution in [3.8, 4) is 5.75 Å². The molecule has 0 amide bonds. The number of hydrogen-bond acceptors (Lipinski definition) is 4. The molecule has 0 aromatic heterocycles. The van der Waals surface area contributed by atoms with Crippen molar-refractivity contribution >= 4 is 11.8 Å². The first-order valence-electron chi connectivity index (χ1n) is 6.63. The molecule has 0 aliphatic carbocycles. The lowest BCUT2D eigenvalue weighted by molar-refractivity contribution is 0.0590. The first-order valence-corrected chi connectivity index (χ1v) is 6.63. The second kappa shape index (κ2) is 6.85. The number of esters is 1. The fraction of sp³-hybridized carbons (Fsp3) is 0.176. The van der Waals surface area contributed by atoms with E-state index in [0.29, 0.717) is 0 Å². The lowest BCUT2D eigenvalue weighted by Crippen LogP contribution is -2.13. The lowest BCUT2D eigenvalue weighted by atomic mass is 10.0. The third kappa shape index (κ3) is 3.31. The van der Waals surface area contributed by atoms with Crippen molar-refractivity contribution in [1.82, 2.24) is 0 Å². The Morgan fingerprint density at radius 3 is 2.36 bits per heavy atom. The second-order valence-corrected chi connectivity index (χ2v) is 4.62. The zero-order valence-electron chi connectivity index (χ0n) is 12.3. The molecule has 22 heavy (non-hydrogen) atoms. The van der Waals surface area contributed by atoms with Crippen LogP contribution in [0, 0.1) is 5.82 Å². The topological polar surface area (TPSA) is 52.6 Å². The summed E-state index contributed by atoms with van der Waals surface area (Å²) < 4.78 is 24.4. The van der Waals surface area contributed by atoms with Crippen LogP contribution in [-0.2, 0) is 11.3 Å². The number of methoxy groups -OCH3 is 1. The van der Waals surface area contributed by atoms with Gasteiger partial charge in [-0.3, -0.25) is 4.79 Å². The van der Waals surface area contributed by atoms with Gasteiger partial charge in [-0.05, 0) is 24.6 Å². The first kappa shape index (κ1) is 15.7. The van der Waals surface area contributed by atoms with Crippen LogP contribution >= 0.6 is 0 Å². The van der Waals surface area contributed by atoms with Gasteiger partial charge in [0.05, 0.1) is 7.11 Å². The van der Waals surface area contributed by atoms with Gasteiger partial charge >= 0.3 is 5.97 Å². The van der Waals surface area contributed by atoms with Crippen molar-refractivity contribution in [1.29, 1.82) is 0 Å². The molecule has 0 aliphatic heterocycles. The molecule has 0 saturated carbocycles. The van der Waals surface area contributed by atoms with Crippen molar-refractivity contribution in [2.24, 2.45) is 0 Å². The molecule has 0 spiro atoms. The number of ether oxygens (including phenoxy) is 2. The van der Waals surface area contributed by atoms with Crippen LogP contribution in [0.3, 0.4) is 0 Å². The van der Waals surface area contributed by atoms with Crippen LogP contribution in [0.15, 0.2) is 42.5 Å². The van der Waals surface area contributed by atoms with E-state index in [2.05, 4.69) is 4.74 Å². The van der Waals surface area contributed by atoms with Crippen molar-refractivity contribution < 1.29 is 23.5 Å². The van der Waals surface area contributed by atoms with Gasteiger partial charge in [0.2, 0.25) is 0 Å². The highest BCUT2D eigenvalue weighted by Crippen LogP contribution is 2.26. The highest BCUT2D eigenvalue weighted by molar-refractivity contribution is 6.05. The monoisotopic (exact) mass is 302 g/mol. The Hall–Kier alpha value is -2.69. The third-order valence-corrected chi connectivity index (χ3v) is 3.11. The predicted octanol–water partition coefficient (Wildman–Crippen LogP) is 3.39. The Balaban J connectivity index is 2.33. The van der Waals surface area contributed by atoms with Crippen molar-refractivity contribution in [2.45, 2.75) is 13.5 Å². The van der Waals surface area contributed by atoms with E-state index in [1.807, 2.05) is 30.3 Å². The Bertz CT molecular complexity index is 695. The van der Waals surface area contributed by atoms with Crippen molar-refractivity contribution in [3.05, 3.63) is 65.0 Å². The maximum atomic E-state index is 14.5. The fourth-order valence-electron chi connectivity index (χ4n) is 2.00. The summed E-state index contributed by atoms with van der Waals surface area (Å²) >= 11 is 0. The van der Waals surface area contributed by atoms with Crippen molar-refractivity contribution in [2.75, 3.05) is 7.11 Å². The number of carbonyl (C=O) groups excluding carboxylic acids is 2. The van der Waals surface area contributed by atoms with Gasteiger partial charge < -0.3 is 9.47 Å². The minimum absolute atomic E-state index is 0.0311. The second-order valence-electron chi connectivity index (χ2n) is 4.62. The minimum atomic E-state index is -0.909. The molecule has 0 heterocycles. The summed E-state index contributed by atoms with van der Waals surface area (Å²) in [5.74, 6) is -2.33. The van der Waals surface area contributed by atoms with E-state index in [-0.39, 0.29) is 17.9 Å². The summed E-state index contributed by atoms with van der Waals surface area (Å²) in [7, 11) is 1.13. The van der Waals surface area contributed by atoms with Crippen LogP contribution in [0.25, 0.3) is 0 Å². The van der Waals surface area contributed by atoms with Gasteiger partial charge in [-0.1, -0.05) is 30.3 Å². The van der Waals surface area contributed by atoms with Gasteiger partial charge in [-0.2, -0.15) is 0 Å². The highest BCUT2D eigenvalue weighted by Gasteiger charge is 2.23. The molecule has 0 aliphatic rings. The maximum Gasteiger partial charge on any atom is 0.341 e. The quantitative estimate of drug-likeness (QED) is 0.627. The molecule has 0 fully saturated rings. The zero-order valence-corrected chi connectivity index (χ0v) is 12.3. The molecule has 0 radical (unpaired) electrons. The Kier molecular flexibility index (Phi) is 4.88. The molecule has 5 heteroatoms. The van der Waals surface area contributed by atoms with Gasteiger partial charge in [0.1, 0.15) is 12.2 Å². The number of carbonyl (C=O) groups is 2. The molecule has 2 rings (SSSR count). The van der Waals surface area contributed by atoms with Crippen LogP contribution in [0.4, 0.5) is 4.39 Å². The lowest BCUT2D eigenvalue weighted by Gasteiger charge is -2.12.